The SMILES string of the molecule is Cc1nscc1C(=O)N1CCC(CN(C)Cc2cccnc2)C1. The Kier molecular flexibility index (Phi) is 5.03. The van der Waals surface area contributed by atoms with Gasteiger partial charge >= 0.3 is 0 Å². The molecule has 1 aliphatic rings. The number of nitrogens with zero attached hydrogens (tertiary/aromatic N) is 4. The first kappa shape index (κ1) is 16.1. The van der Waals surface area contributed by atoms with Crippen molar-refractivity contribution in [3.05, 3.63) is 46.7 Å². The molecule has 0 radical (unpaired) electrons. The van der Waals surface area contributed by atoms with Crippen molar-refractivity contribution < 1.29 is 4.79 Å². The van der Waals surface area contributed by atoms with Gasteiger partial charge in [0, 0.05) is 44.0 Å². The number of hydrogen-bond donors (Lipinski definition) is 0. The zero-order valence-electron chi connectivity index (χ0n) is 13.6. The van der Waals surface area contributed by atoms with Crippen LogP contribution in [-0.4, -0.2) is 51.7 Å². The number of aryl methyl sites for hydroxylation is 1. The lowest BCUT2D eigenvalue weighted by Gasteiger charge is -2.21. The lowest BCUT2D eigenvalue weighted by atomic mass is 10.1. The summed E-state index contributed by atoms with van der Waals surface area (Å²) in [5, 5.41) is 1.86. The van der Waals surface area contributed by atoms with Gasteiger partial charge in [0.15, 0.2) is 0 Å². The molecule has 2 aromatic rings. The topological polar surface area (TPSA) is 49.3 Å². The monoisotopic (exact) mass is 330 g/mol. The third-order valence-electron chi connectivity index (χ3n) is 4.30. The van der Waals surface area contributed by atoms with Crippen molar-refractivity contribution in [2.75, 3.05) is 26.7 Å². The highest BCUT2D eigenvalue weighted by Crippen LogP contribution is 2.21. The summed E-state index contributed by atoms with van der Waals surface area (Å²) in [5.41, 5.74) is 2.83. The van der Waals surface area contributed by atoms with Gasteiger partial charge in [0.1, 0.15) is 0 Å². The third-order valence-corrected chi connectivity index (χ3v) is 5.02. The Hall–Kier alpha value is -1.79. The van der Waals surface area contributed by atoms with Gasteiger partial charge in [0.2, 0.25) is 0 Å². The first-order valence-corrected chi connectivity index (χ1v) is 8.75. The van der Waals surface area contributed by atoms with E-state index < -0.39 is 0 Å². The second kappa shape index (κ2) is 7.19. The summed E-state index contributed by atoms with van der Waals surface area (Å²) in [4.78, 5) is 21.0. The molecule has 23 heavy (non-hydrogen) atoms. The largest absolute Gasteiger partial charge is 0.338 e. The zero-order valence-corrected chi connectivity index (χ0v) is 14.4. The summed E-state index contributed by atoms with van der Waals surface area (Å²) < 4.78 is 4.20. The highest BCUT2D eigenvalue weighted by molar-refractivity contribution is 7.03. The molecule has 1 unspecified atom stereocenters. The van der Waals surface area contributed by atoms with Gasteiger partial charge in [-0.15, -0.1) is 0 Å². The van der Waals surface area contributed by atoms with Crippen LogP contribution in [0.25, 0.3) is 0 Å². The molecule has 6 heteroatoms. The van der Waals surface area contributed by atoms with E-state index in [2.05, 4.69) is 27.4 Å². The summed E-state index contributed by atoms with van der Waals surface area (Å²) in [7, 11) is 2.13. The van der Waals surface area contributed by atoms with E-state index in [4.69, 9.17) is 0 Å². The molecular weight excluding hydrogens is 308 g/mol. The van der Waals surface area contributed by atoms with Gasteiger partial charge in [-0.3, -0.25) is 9.78 Å². The molecule has 0 N–H and O–H groups in total. The van der Waals surface area contributed by atoms with Gasteiger partial charge in [0.05, 0.1) is 11.3 Å². The average Bonchev–Trinajstić information content (AvgIpc) is 3.16. The van der Waals surface area contributed by atoms with Crippen LogP contribution in [0.4, 0.5) is 0 Å². The molecule has 5 nitrogen and oxygen atoms in total. The van der Waals surface area contributed by atoms with Crippen molar-refractivity contribution in [2.24, 2.45) is 5.92 Å². The fraction of sp³-hybridized carbons (Fsp3) is 0.471. The lowest BCUT2D eigenvalue weighted by molar-refractivity contribution is 0.0783. The first-order chi connectivity index (χ1) is 11.1. The van der Waals surface area contributed by atoms with E-state index in [1.54, 1.807) is 6.20 Å². The minimum Gasteiger partial charge on any atom is -0.338 e. The fourth-order valence-corrected chi connectivity index (χ4v) is 3.83. The molecule has 1 atom stereocenters. The van der Waals surface area contributed by atoms with E-state index in [1.165, 1.54) is 17.1 Å². The molecule has 2 aromatic heterocycles. The highest BCUT2D eigenvalue weighted by atomic mass is 32.1. The summed E-state index contributed by atoms with van der Waals surface area (Å²) in [5.74, 6) is 0.668. The molecular formula is C17H22N4OS. The third kappa shape index (κ3) is 3.95. The van der Waals surface area contributed by atoms with Crippen molar-refractivity contribution in [3.63, 3.8) is 0 Å². The van der Waals surface area contributed by atoms with Crippen molar-refractivity contribution in [1.82, 2.24) is 19.2 Å². The standard InChI is InChI=1S/C17H22N4OS/c1-13-16(12-23-19-13)17(22)21-7-5-15(11-21)10-20(2)9-14-4-3-6-18-8-14/h3-4,6,8,12,15H,5,7,9-11H2,1-2H3. The van der Waals surface area contributed by atoms with Gasteiger partial charge in [0.25, 0.3) is 5.91 Å². The summed E-state index contributed by atoms with van der Waals surface area (Å²) in [6.07, 6.45) is 4.78. The normalized spacial score (nSPS) is 17.9. The molecule has 0 aromatic carbocycles. The second-order valence-corrected chi connectivity index (χ2v) is 6.91. The molecule has 3 rings (SSSR count). The number of hydrogen-bond acceptors (Lipinski definition) is 5. The molecule has 1 aliphatic heterocycles. The number of carbonyl (C=O) groups excluding carboxylic acids is 1. The van der Waals surface area contributed by atoms with Crippen molar-refractivity contribution in [3.8, 4) is 0 Å². The smallest absolute Gasteiger partial charge is 0.256 e. The van der Waals surface area contributed by atoms with Crippen LogP contribution in [0.1, 0.15) is 28.0 Å². The van der Waals surface area contributed by atoms with Crippen LogP contribution in [0.15, 0.2) is 29.9 Å². The zero-order chi connectivity index (χ0) is 16.2. The van der Waals surface area contributed by atoms with E-state index in [0.29, 0.717) is 5.92 Å². The highest BCUT2D eigenvalue weighted by Gasteiger charge is 2.28. The van der Waals surface area contributed by atoms with Gasteiger partial charge in [-0.1, -0.05) is 6.07 Å². The lowest BCUT2D eigenvalue weighted by Crippen LogP contribution is -2.31. The van der Waals surface area contributed by atoms with Crippen LogP contribution in [0.3, 0.4) is 0 Å². The number of aromatic nitrogens is 2. The maximum absolute atomic E-state index is 12.5. The van der Waals surface area contributed by atoms with E-state index in [1.807, 2.05) is 29.5 Å². The first-order valence-electron chi connectivity index (χ1n) is 7.91. The maximum Gasteiger partial charge on any atom is 0.256 e. The van der Waals surface area contributed by atoms with Gasteiger partial charge in [-0.2, -0.15) is 4.37 Å². The number of rotatable bonds is 5. The summed E-state index contributed by atoms with van der Waals surface area (Å²) >= 11 is 1.35. The van der Waals surface area contributed by atoms with Crippen LogP contribution in [0, 0.1) is 12.8 Å². The quantitative estimate of drug-likeness (QED) is 0.845. The summed E-state index contributed by atoms with van der Waals surface area (Å²) in [6.45, 7) is 5.48. The van der Waals surface area contributed by atoms with Crippen molar-refractivity contribution >= 4 is 17.4 Å². The molecule has 0 bridgehead atoms. The molecule has 0 saturated carbocycles. The van der Waals surface area contributed by atoms with Crippen LogP contribution in [-0.2, 0) is 6.54 Å². The Balaban J connectivity index is 1.52. The Bertz CT molecular complexity index is 658. The number of pyridine rings is 1. The Morgan fingerprint density at radius 3 is 3.09 bits per heavy atom. The Morgan fingerprint density at radius 1 is 1.52 bits per heavy atom. The Morgan fingerprint density at radius 2 is 2.39 bits per heavy atom. The van der Waals surface area contributed by atoms with Crippen LogP contribution >= 0.6 is 11.5 Å². The number of likely N-dealkylation sites (tertiary alicyclic amines) is 1. The maximum atomic E-state index is 12.5. The predicted molar refractivity (Wildman–Crippen MR) is 91.4 cm³/mol. The fourth-order valence-electron chi connectivity index (χ4n) is 3.14. The van der Waals surface area contributed by atoms with Gasteiger partial charge in [-0.05, 0) is 49.5 Å². The van der Waals surface area contributed by atoms with Crippen molar-refractivity contribution in [1.29, 1.82) is 0 Å². The molecule has 1 fully saturated rings. The van der Waals surface area contributed by atoms with Crippen LogP contribution < -0.4 is 0 Å². The van der Waals surface area contributed by atoms with E-state index in [-0.39, 0.29) is 5.91 Å². The Labute approximate surface area is 141 Å². The van der Waals surface area contributed by atoms with Crippen LogP contribution in [0.5, 0.6) is 0 Å². The molecule has 3 heterocycles. The van der Waals surface area contributed by atoms with Gasteiger partial charge in [-0.25, -0.2) is 0 Å². The van der Waals surface area contributed by atoms with E-state index in [9.17, 15) is 4.79 Å². The van der Waals surface area contributed by atoms with Crippen molar-refractivity contribution in [2.45, 2.75) is 19.9 Å². The minimum absolute atomic E-state index is 0.133. The number of carbonyl (C=O) groups is 1. The van der Waals surface area contributed by atoms with Crippen LogP contribution in [0.2, 0.25) is 0 Å². The molecule has 0 aliphatic carbocycles. The van der Waals surface area contributed by atoms with Gasteiger partial charge < -0.3 is 9.80 Å². The average molecular weight is 330 g/mol. The minimum atomic E-state index is 0.133. The second-order valence-electron chi connectivity index (χ2n) is 6.28. The molecule has 122 valence electrons. The molecule has 1 saturated heterocycles. The molecule has 0 spiro atoms. The summed E-state index contributed by atoms with van der Waals surface area (Å²) in [6, 6.07) is 4.07. The number of amides is 1. The predicted octanol–water partition coefficient (Wildman–Crippen LogP) is 2.44. The molecule has 1 amide bonds. The van der Waals surface area contributed by atoms with E-state index in [0.717, 1.165) is 43.9 Å². The van der Waals surface area contributed by atoms with E-state index >= 15 is 0 Å².